The van der Waals surface area contributed by atoms with Crippen molar-refractivity contribution in [3.8, 4) is 0 Å². The highest BCUT2D eigenvalue weighted by Crippen LogP contribution is 2.45. The second-order valence-corrected chi connectivity index (χ2v) is 7.39. The summed E-state index contributed by atoms with van der Waals surface area (Å²) in [6, 6.07) is 2.27. The van der Waals surface area contributed by atoms with Crippen LogP contribution in [0.1, 0.15) is 46.5 Å². The number of anilines is 3. The maximum atomic E-state index is 10.9. The van der Waals surface area contributed by atoms with Crippen LogP contribution in [0.3, 0.4) is 0 Å². The molecule has 6 nitrogen and oxygen atoms in total. The first kappa shape index (κ1) is 16.3. The van der Waals surface area contributed by atoms with Crippen LogP contribution in [0.5, 0.6) is 0 Å². The predicted octanol–water partition coefficient (Wildman–Crippen LogP) is 2.26. The molecule has 0 aromatic carbocycles. The van der Waals surface area contributed by atoms with Crippen LogP contribution in [0.2, 0.25) is 0 Å². The fourth-order valence-corrected chi connectivity index (χ4v) is 4.24. The van der Waals surface area contributed by atoms with E-state index in [1.807, 2.05) is 6.07 Å². The second-order valence-electron chi connectivity index (χ2n) is 7.39. The molecule has 1 aromatic heterocycles. The van der Waals surface area contributed by atoms with Crippen LogP contribution >= 0.6 is 0 Å². The Kier molecular flexibility index (Phi) is 4.36. The molecule has 6 heteroatoms. The molecule has 2 aliphatic rings. The van der Waals surface area contributed by atoms with Crippen molar-refractivity contribution < 1.29 is 5.11 Å². The molecule has 128 valence electrons. The largest absolute Gasteiger partial charge is 0.390 e. The van der Waals surface area contributed by atoms with E-state index in [0.717, 1.165) is 44.0 Å². The minimum Gasteiger partial charge on any atom is -0.390 e. The highest BCUT2D eigenvalue weighted by atomic mass is 16.3. The molecule has 3 atom stereocenters. The third kappa shape index (κ3) is 3.22. The Labute approximate surface area is 138 Å². The first-order chi connectivity index (χ1) is 10.9. The number of hydrogen-bond donors (Lipinski definition) is 3. The quantitative estimate of drug-likeness (QED) is 0.789. The zero-order valence-corrected chi connectivity index (χ0v) is 14.4. The van der Waals surface area contributed by atoms with E-state index in [1.54, 1.807) is 0 Å². The van der Waals surface area contributed by atoms with Crippen molar-refractivity contribution in [2.45, 2.75) is 58.1 Å². The molecule has 2 fully saturated rings. The molecule has 1 aliphatic carbocycles. The number of nitrogens with two attached hydrogens (primary N) is 1. The number of rotatable bonds is 4. The summed E-state index contributed by atoms with van der Waals surface area (Å²) in [7, 11) is 0. The molecular weight excluding hydrogens is 290 g/mol. The zero-order chi connectivity index (χ0) is 16.6. The fraction of sp³-hybridized carbons (Fsp3) is 0.765. The molecule has 0 spiro atoms. The van der Waals surface area contributed by atoms with Gasteiger partial charge >= 0.3 is 0 Å². The summed E-state index contributed by atoms with van der Waals surface area (Å²) < 4.78 is 0. The Morgan fingerprint density at radius 3 is 2.91 bits per heavy atom. The van der Waals surface area contributed by atoms with E-state index >= 15 is 0 Å². The summed E-state index contributed by atoms with van der Waals surface area (Å²) >= 11 is 0. The lowest BCUT2D eigenvalue weighted by Gasteiger charge is -2.40. The molecule has 0 radical (unpaired) electrons. The maximum Gasteiger partial charge on any atom is 0.223 e. The first-order valence-corrected chi connectivity index (χ1v) is 8.79. The summed E-state index contributed by atoms with van der Waals surface area (Å²) in [6.45, 7) is 8.04. The van der Waals surface area contributed by atoms with Gasteiger partial charge in [0, 0.05) is 31.1 Å². The van der Waals surface area contributed by atoms with Crippen molar-refractivity contribution in [1.82, 2.24) is 9.97 Å². The van der Waals surface area contributed by atoms with Crippen molar-refractivity contribution in [1.29, 1.82) is 0 Å². The SMILES string of the molecule is CC[C@@]1(O)CCC[C@@H]2CN(c3cc(NC(C)C)nc(N)n3)C[C@@H]21. The number of hydrogen-bond acceptors (Lipinski definition) is 6. The smallest absolute Gasteiger partial charge is 0.223 e. The van der Waals surface area contributed by atoms with E-state index in [9.17, 15) is 5.11 Å². The van der Waals surface area contributed by atoms with Gasteiger partial charge in [0.25, 0.3) is 0 Å². The van der Waals surface area contributed by atoms with Crippen LogP contribution < -0.4 is 16.0 Å². The Balaban J connectivity index is 1.82. The first-order valence-electron chi connectivity index (χ1n) is 8.79. The van der Waals surface area contributed by atoms with Gasteiger partial charge in [0.2, 0.25) is 5.95 Å². The molecule has 1 aromatic rings. The minimum absolute atomic E-state index is 0.295. The molecule has 0 unspecified atom stereocenters. The lowest BCUT2D eigenvalue weighted by atomic mass is 9.69. The lowest BCUT2D eigenvalue weighted by Crippen LogP contribution is -2.44. The van der Waals surface area contributed by atoms with Gasteiger partial charge in [0.05, 0.1) is 5.60 Å². The van der Waals surface area contributed by atoms with E-state index in [1.165, 1.54) is 6.42 Å². The number of nitrogens with zero attached hydrogens (tertiary/aromatic N) is 3. The topological polar surface area (TPSA) is 87.3 Å². The van der Waals surface area contributed by atoms with E-state index in [2.05, 4.69) is 41.0 Å². The van der Waals surface area contributed by atoms with Crippen molar-refractivity contribution in [3.05, 3.63) is 6.07 Å². The zero-order valence-electron chi connectivity index (χ0n) is 14.4. The van der Waals surface area contributed by atoms with Gasteiger partial charge < -0.3 is 21.1 Å². The number of fused-ring (bicyclic) bond motifs is 1. The van der Waals surface area contributed by atoms with Gasteiger partial charge in [-0.2, -0.15) is 9.97 Å². The summed E-state index contributed by atoms with van der Waals surface area (Å²) in [4.78, 5) is 11.0. The van der Waals surface area contributed by atoms with Crippen LogP contribution in [0, 0.1) is 11.8 Å². The van der Waals surface area contributed by atoms with Gasteiger partial charge in [-0.25, -0.2) is 0 Å². The summed E-state index contributed by atoms with van der Waals surface area (Å²) in [5, 5.41) is 14.2. The molecule has 1 aliphatic heterocycles. The molecular formula is C17H29N5O. The third-order valence-electron chi connectivity index (χ3n) is 5.42. The van der Waals surface area contributed by atoms with Crippen molar-refractivity contribution in [2.75, 3.05) is 29.0 Å². The highest BCUT2D eigenvalue weighted by Gasteiger charge is 2.48. The molecule has 1 saturated carbocycles. The van der Waals surface area contributed by atoms with E-state index < -0.39 is 5.60 Å². The van der Waals surface area contributed by atoms with Gasteiger partial charge in [-0.3, -0.25) is 0 Å². The van der Waals surface area contributed by atoms with Crippen LogP contribution in [0.4, 0.5) is 17.6 Å². The van der Waals surface area contributed by atoms with Crippen molar-refractivity contribution in [3.63, 3.8) is 0 Å². The summed E-state index contributed by atoms with van der Waals surface area (Å²) in [5.41, 5.74) is 5.37. The van der Waals surface area contributed by atoms with Crippen molar-refractivity contribution >= 4 is 17.6 Å². The van der Waals surface area contributed by atoms with E-state index in [-0.39, 0.29) is 0 Å². The summed E-state index contributed by atoms with van der Waals surface area (Å²) in [6.07, 6.45) is 4.06. The van der Waals surface area contributed by atoms with Crippen LogP contribution in [0.25, 0.3) is 0 Å². The van der Waals surface area contributed by atoms with Gasteiger partial charge in [-0.1, -0.05) is 13.3 Å². The fourth-order valence-electron chi connectivity index (χ4n) is 4.24. The summed E-state index contributed by atoms with van der Waals surface area (Å²) in [5.74, 6) is 2.81. The Morgan fingerprint density at radius 1 is 1.43 bits per heavy atom. The Hall–Kier alpha value is -1.56. The van der Waals surface area contributed by atoms with Gasteiger partial charge in [0.1, 0.15) is 11.6 Å². The molecule has 0 amide bonds. The highest BCUT2D eigenvalue weighted by molar-refractivity contribution is 5.53. The maximum absolute atomic E-state index is 10.9. The number of aliphatic hydroxyl groups is 1. The Bertz CT molecular complexity index is 564. The minimum atomic E-state index is -0.519. The van der Waals surface area contributed by atoms with Crippen LogP contribution in [-0.4, -0.2) is 39.8 Å². The lowest BCUT2D eigenvalue weighted by molar-refractivity contribution is -0.0597. The van der Waals surface area contributed by atoms with Crippen LogP contribution in [-0.2, 0) is 0 Å². The van der Waals surface area contributed by atoms with E-state index in [0.29, 0.717) is 23.8 Å². The van der Waals surface area contributed by atoms with Gasteiger partial charge in [0.15, 0.2) is 0 Å². The molecule has 23 heavy (non-hydrogen) atoms. The molecule has 1 saturated heterocycles. The third-order valence-corrected chi connectivity index (χ3v) is 5.42. The monoisotopic (exact) mass is 319 g/mol. The number of nitrogen functional groups attached to an aromatic ring is 1. The normalized spacial score (nSPS) is 30.6. The van der Waals surface area contributed by atoms with Crippen molar-refractivity contribution in [2.24, 2.45) is 11.8 Å². The molecule has 0 bridgehead atoms. The van der Waals surface area contributed by atoms with Gasteiger partial charge in [-0.15, -0.1) is 0 Å². The average Bonchev–Trinajstić information content (AvgIpc) is 2.92. The number of nitrogens with one attached hydrogen (secondary N) is 1. The molecule has 3 rings (SSSR count). The second kappa shape index (κ2) is 6.15. The standard InChI is InChI=1S/C17H29N5O/c1-4-17(23)7-5-6-12-9-22(10-13(12)17)15-8-14(19-11(2)3)20-16(18)21-15/h8,11-13,23H,4-7,9-10H2,1-3H3,(H3,18,19,20,21)/t12-,13+,17-/m1/s1. The number of aromatic nitrogens is 2. The predicted molar refractivity (Wildman–Crippen MR) is 93.5 cm³/mol. The van der Waals surface area contributed by atoms with Gasteiger partial charge in [-0.05, 0) is 39.0 Å². The van der Waals surface area contributed by atoms with E-state index in [4.69, 9.17) is 5.73 Å². The molecule has 4 N–H and O–H groups in total. The average molecular weight is 319 g/mol. The van der Waals surface area contributed by atoms with Crippen LogP contribution in [0.15, 0.2) is 6.07 Å². The molecule has 2 heterocycles. The Morgan fingerprint density at radius 2 is 2.22 bits per heavy atom.